The number of rotatable bonds is 3. The molecule has 3 nitrogen and oxygen atoms in total. The molecule has 0 fully saturated rings. The molecule has 1 unspecified atom stereocenters. The molecule has 2 aromatic rings. The van der Waals surface area contributed by atoms with E-state index >= 15 is 0 Å². The highest BCUT2D eigenvalue weighted by Gasteiger charge is 2.24. The second-order valence-corrected chi connectivity index (χ2v) is 5.28. The third kappa shape index (κ3) is 2.61. The van der Waals surface area contributed by atoms with Crippen LogP contribution in [0, 0.1) is 5.82 Å². The van der Waals surface area contributed by atoms with Crippen molar-refractivity contribution in [2.75, 3.05) is 0 Å². The zero-order chi connectivity index (χ0) is 14.2. The second-order valence-electron chi connectivity index (χ2n) is 4.46. The van der Waals surface area contributed by atoms with Gasteiger partial charge >= 0.3 is 0 Å². The Morgan fingerprint density at radius 3 is 2.58 bits per heavy atom. The Morgan fingerprint density at radius 2 is 1.95 bits per heavy atom. The third-order valence-corrected chi connectivity index (χ3v) is 3.39. The van der Waals surface area contributed by atoms with Crippen LogP contribution in [0.1, 0.15) is 37.3 Å². The van der Waals surface area contributed by atoms with Gasteiger partial charge in [-0.15, -0.1) is 0 Å². The van der Waals surface area contributed by atoms with Crippen molar-refractivity contribution in [3.05, 3.63) is 51.5 Å². The van der Waals surface area contributed by atoms with E-state index in [0.29, 0.717) is 10.7 Å². The quantitative estimate of drug-likeness (QED) is 0.931. The van der Waals surface area contributed by atoms with E-state index in [1.165, 1.54) is 18.3 Å². The zero-order valence-electron chi connectivity index (χ0n) is 10.4. The molecule has 1 aromatic carbocycles. The van der Waals surface area contributed by atoms with Crippen LogP contribution >= 0.6 is 23.2 Å². The summed E-state index contributed by atoms with van der Waals surface area (Å²) in [6.07, 6.45) is 0.221. The summed E-state index contributed by atoms with van der Waals surface area (Å²) in [6.45, 7) is 3.79. The summed E-state index contributed by atoms with van der Waals surface area (Å²) >= 11 is 11.7. The van der Waals surface area contributed by atoms with Crippen LogP contribution < -0.4 is 0 Å². The number of hydrogen-bond donors (Lipinski definition) is 1. The van der Waals surface area contributed by atoms with Crippen molar-refractivity contribution in [3.63, 3.8) is 0 Å². The first-order chi connectivity index (χ1) is 8.93. The lowest BCUT2D eigenvalue weighted by Gasteiger charge is -2.17. The summed E-state index contributed by atoms with van der Waals surface area (Å²) in [5.41, 5.74) is 0.439. The fraction of sp³-hybridized carbons (Fsp3) is 0.308. The molecule has 0 saturated heterocycles. The van der Waals surface area contributed by atoms with Crippen LogP contribution in [0.2, 0.25) is 10.0 Å². The van der Waals surface area contributed by atoms with E-state index in [9.17, 15) is 9.50 Å². The van der Waals surface area contributed by atoms with Gasteiger partial charge < -0.3 is 5.11 Å². The summed E-state index contributed by atoms with van der Waals surface area (Å²) < 4.78 is 15.5. The van der Waals surface area contributed by atoms with E-state index in [1.807, 2.05) is 13.8 Å². The van der Waals surface area contributed by atoms with E-state index < -0.39 is 11.9 Å². The summed E-state index contributed by atoms with van der Waals surface area (Å²) in [4.78, 5) is 0. The lowest BCUT2D eigenvalue weighted by molar-refractivity contribution is 0.200. The molecule has 0 bridgehead atoms. The Balaban J connectivity index is 2.53. The number of benzene rings is 1. The first-order valence-corrected chi connectivity index (χ1v) is 6.54. The highest BCUT2D eigenvalue weighted by atomic mass is 35.5. The molecule has 0 spiro atoms. The summed E-state index contributed by atoms with van der Waals surface area (Å²) in [5, 5.41) is 14.7. The van der Waals surface area contributed by atoms with Crippen LogP contribution in [0.25, 0.3) is 0 Å². The summed E-state index contributed by atoms with van der Waals surface area (Å²) in [7, 11) is 0. The Morgan fingerprint density at radius 1 is 1.26 bits per heavy atom. The predicted molar refractivity (Wildman–Crippen MR) is 73.1 cm³/mol. The maximum absolute atomic E-state index is 13.9. The number of hydrogen-bond acceptors (Lipinski definition) is 2. The van der Waals surface area contributed by atoms with Gasteiger partial charge in [-0.1, -0.05) is 35.3 Å². The molecule has 1 heterocycles. The molecular weight excluding hydrogens is 290 g/mol. The minimum Gasteiger partial charge on any atom is -0.382 e. The number of aliphatic hydroxyl groups excluding tert-OH is 1. The maximum Gasteiger partial charge on any atom is 0.147 e. The van der Waals surface area contributed by atoms with Gasteiger partial charge in [-0.05, 0) is 19.9 Å². The van der Waals surface area contributed by atoms with Gasteiger partial charge in [0.05, 0.1) is 21.9 Å². The van der Waals surface area contributed by atoms with Crippen LogP contribution in [0.15, 0.2) is 24.4 Å². The van der Waals surface area contributed by atoms with E-state index in [-0.39, 0.29) is 16.6 Å². The number of halogens is 3. The van der Waals surface area contributed by atoms with Crippen LogP contribution in [0.3, 0.4) is 0 Å². The van der Waals surface area contributed by atoms with E-state index in [2.05, 4.69) is 5.10 Å². The second kappa shape index (κ2) is 5.49. The number of aliphatic hydroxyl groups is 1. The minimum atomic E-state index is -1.21. The molecule has 6 heteroatoms. The molecule has 0 saturated carbocycles. The van der Waals surface area contributed by atoms with Gasteiger partial charge in [0.25, 0.3) is 0 Å². The first kappa shape index (κ1) is 14.3. The molecule has 19 heavy (non-hydrogen) atoms. The molecule has 0 aliphatic rings. The van der Waals surface area contributed by atoms with Crippen LogP contribution in [0.4, 0.5) is 4.39 Å². The van der Waals surface area contributed by atoms with Gasteiger partial charge in [0.15, 0.2) is 0 Å². The van der Waals surface area contributed by atoms with Gasteiger partial charge in [-0.3, -0.25) is 4.68 Å². The fourth-order valence-corrected chi connectivity index (χ4v) is 2.31. The van der Waals surface area contributed by atoms with Crippen LogP contribution in [0.5, 0.6) is 0 Å². The monoisotopic (exact) mass is 302 g/mol. The minimum absolute atomic E-state index is 0.000560. The van der Waals surface area contributed by atoms with Crippen LogP contribution in [-0.2, 0) is 0 Å². The third-order valence-electron chi connectivity index (χ3n) is 2.81. The largest absolute Gasteiger partial charge is 0.382 e. The molecule has 1 N–H and O–H groups in total. The molecule has 0 radical (unpaired) electrons. The molecule has 1 aromatic heterocycles. The Bertz CT molecular complexity index is 598. The average molecular weight is 303 g/mol. The topological polar surface area (TPSA) is 38.0 Å². The molecule has 2 rings (SSSR count). The van der Waals surface area contributed by atoms with Crippen molar-refractivity contribution in [1.82, 2.24) is 9.78 Å². The summed E-state index contributed by atoms with van der Waals surface area (Å²) in [6, 6.07) is 4.47. The van der Waals surface area contributed by atoms with Gasteiger partial charge in [0.2, 0.25) is 0 Å². The van der Waals surface area contributed by atoms with E-state index in [4.69, 9.17) is 23.2 Å². The van der Waals surface area contributed by atoms with Crippen molar-refractivity contribution in [2.24, 2.45) is 0 Å². The lowest BCUT2D eigenvalue weighted by atomic mass is 10.1. The molecule has 0 aliphatic heterocycles. The number of aromatic nitrogens is 2. The SMILES string of the molecule is CC(C)n1ncc(Cl)c1C(O)c1cccc(Cl)c1F. The summed E-state index contributed by atoms with van der Waals surface area (Å²) in [5.74, 6) is -0.649. The normalized spacial score (nSPS) is 13.0. The van der Waals surface area contributed by atoms with Gasteiger partial charge in [-0.2, -0.15) is 5.10 Å². The van der Waals surface area contributed by atoms with Crippen molar-refractivity contribution in [3.8, 4) is 0 Å². The van der Waals surface area contributed by atoms with Crippen molar-refractivity contribution >= 4 is 23.2 Å². The Labute approximate surface area is 120 Å². The highest BCUT2D eigenvalue weighted by molar-refractivity contribution is 6.31. The smallest absolute Gasteiger partial charge is 0.147 e. The zero-order valence-corrected chi connectivity index (χ0v) is 12.0. The molecule has 0 aliphatic carbocycles. The lowest BCUT2D eigenvalue weighted by Crippen LogP contribution is -2.13. The van der Waals surface area contributed by atoms with Crippen molar-refractivity contribution in [2.45, 2.75) is 26.0 Å². The first-order valence-electron chi connectivity index (χ1n) is 5.78. The molecule has 1 atom stereocenters. The number of nitrogens with zero attached hydrogens (tertiary/aromatic N) is 2. The van der Waals surface area contributed by atoms with Crippen LogP contribution in [-0.4, -0.2) is 14.9 Å². The Hall–Kier alpha value is -1.10. The maximum atomic E-state index is 13.9. The fourth-order valence-electron chi connectivity index (χ4n) is 1.90. The van der Waals surface area contributed by atoms with Gasteiger partial charge in [-0.25, -0.2) is 4.39 Å². The average Bonchev–Trinajstić information content (AvgIpc) is 2.74. The Kier molecular flexibility index (Phi) is 4.13. The van der Waals surface area contributed by atoms with E-state index in [1.54, 1.807) is 10.7 Å². The van der Waals surface area contributed by atoms with Gasteiger partial charge in [0, 0.05) is 11.6 Å². The van der Waals surface area contributed by atoms with Crippen molar-refractivity contribution < 1.29 is 9.50 Å². The van der Waals surface area contributed by atoms with E-state index in [0.717, 1.165) is 0 Å². The van der Waals surface area contributed by atoms with Gasteiger partial charge in [0.1, 0.15) is 11.9 Å². The molecule has 0 amide bonds. The molecule has 102 valence electrons. The standard InChI is InChI=1S/C13H13Cl2FN2O/c1-7(2)18-12(10(15)6-17-18)13(19)8-4-3-5-9(14)11(8)16/h3-7,13,19H,1-2H3. The highest BCUT2D eigenvalue weighted by Crippen LogP contribution is 2.32. The molecular formula is C13H13Cl2FN2O. The predicted octanol–water partition coefficient (Wildman–Crippen LogP) is 3.99. The van der Waals surface area contributed by atoms with Crippen molar-refractivity contribution in [1.29, 1.82) is 0 Å².